The Bertz CT molecular complexity index is 2160. The molecule has 2 amide bonds. The van der Waals surface area contributed by atoms with Gasteiger partial charge in [-0.3, -0.25) is 24.2 Å². The van der Waals surface area contributed by atoms with Crippen LogP contribution >= 0.6 is 46.4 Å². The molecule has 0 heterocycles. The van der Waals surface area contributed by atoms with E-state index in [-0.39, 0.29) is 46.8 Å². The van der Waals surface area contributed by atoms with Gasteiger partial charge in [0.15, 0.2) is 0 Å². The van der Waals surface area contributed by atoms with E-state index in [2.05, 4.69) is 15.6 Å². The normalized spacial score (nSPS) is 18.4. The number of amides is 2. The number of carbonyl (C=O) groups is 4. The summed E-state index contributed by atoms with van der Waals surface area (Å²) in [6, 6.07) is 18.6. The lowest BCUT2D eigenvalue weighted by molar-refractivity contribution is -0.138. The number of nitrogens with two attached hydrogens (primary N) is 2. The van der Waals surface area contributed by atoms with Crippen LogP contribution in [0.15, 0.2) is 77.8 Å². The Morgan fingerprint density at radius 1 is 0.691 bits per heavy atom. The Kier molecular flexibility index (Phi) is 14.0. The number of Topliss-reactive ketones (excluding diaryl/α,β-unsaturated/α-hetero) is 2. The maximum atomic E-state index is 13.6. The highest BCUT2D eigenvalue weighted by atomic mass is 35.5. The van der Waals surface area contributed by atoms with Crippen LogP contribution in [0.1, 0.15) is 52.1 Å². The number of benzene rings is 4. The Morgan fingerprint density at radius 3 is 1.55 bits per heavy atom. The summed E-state index contributed by atoms with van der Waals surface area (Å²) in [7, 11) is 0. The third kappa shape index (κ3) is 10.3. The number of hydrogen-bond donors (Lipinski definition) is 4. The molecule has 0 saturated heterocycles. The predicted octanol–water partition coefficient (Wildman–Crippen LogP) is 6.47. The molecule has 6 rings (SSSR count). The Balaban J connectivity index is 0.000000212. The number of amidine groups is 1. The molecular weight excluding hydrogens is 794 g/mol. The molecule has 4 aromatic rings. The van der Waals surface area contributed by atoms with Gasteiger partial charge in [-0.25, -0.2) is 8.78 Å². The number of aliphatic imine (C=N–C) groups is 1. The Labute approximate surface area is 336 Å². The van der Waals surface area contributed by atoms with Crippen LogP contribution < -0.4 is 22.1 Å². The molecule has 4 aromatic carbocycles. The van der Waals surface area contributed by atoms with Crippen molar-refractivity contribution in [3.05, 3.63) is 138 Å². The molecule has 0 radical (unpaired) electrons. The highest BCUT2D eigenvalue weighted by Gasteiger charge is 2.36. The standard InChI is InChI=1S/C21H20Cl2FN3O2.C19H17Cl2FN2O2/c1-11(25)26-10-15-13-3-2-4-16(22)14(13)9-19(15)27-21(29)20(28)8-12-5-6-17(23)18(24)7-12;20-14-3-1-2-11-12(14)8-17(13(11)9-23)24-19(26)18(25)7-10-4-5-15(21)16(22)6-10/h2-7,15,19H,8-10H2,1H3,(H2,25,26)(H,27,29);1-6,13,17H,7-9,23H2,(H,24,26). The molecule has 0 fully saturated rings. The van der Waals surface area contributed by atoms with Gasteiger partial charge in [-0.05, 0) is 89.5 Å². The van der Waals surface area contributed by atoms with E-state index in [9.17, 15) is 28.0 Å². The summed E-state index contributed by atoms with van der Waals surface area (Å²) in [5.74, 6) is -3.82. The van der Waals surface area contributed by atoms with E-state index in [4.69, 9.17) is 57.9 Å². The van der Waals surface area contributed by atoms with Crippen LogP contribution in [0.4, 0.5) is 8.78 Å². The number of nitrogens with zero attached hydrogens (tertiary/aromatic N) is 1. The van der Waals surface area contributed by atoms with Gasteiger partial charge < -0.3 is 22.1 Å². The van der Waals surface area contributed by atoms with E-state index < -0.39 is 35.0 Å². The second-order valence-corrected chi connectivity index (χ2v) is 14.9. The van der Waals surface area contributed by atoms with Crippen molar-refractivity contribution in [2.75, 3.05) is 13.1 Å². The van der Waals surface area contributed by atoms with Crippen molar-refractivity contribution in [1.82, 2.24) is 10.6 Å². The third-order valence-corrected chi connectivity index (χ3v) is 10.9. The average molecular weight is 832 g/mol. The van der Waals surface area contributed by atoms with Gasteiger partial charge in [0, 0.05) is 59.9 Å². The summed E-state index contributed by atoms with van der Waals surface area (Å²) in [5.41, 5.74) is 16.2. The topological polar surface area (TPSA) is 157 Å². The van der Waals surface area contributed by atoms with Crippen LogP contribution in [0.2, 0.25) is 20.1 Å². The van der Waals surface area contributed by atoms with E-state index in [1.54, 1.807) is 19.1 Å². The fraction of sp³-hybridized carbons (Fsp3) is 0.275. The molecule has 0 bridgehead atoms. The number of carbonyl (C=O) groups excluding carboxylic acids is 4. The molecule has 2 aliphatic carbocycles. The smallest absolute Gasteiger partial charge is 0.287 e. The quantitative estimate of drug-likeness (QED) is 0.0772. The third-order valence-electron chi connectivity index (χ3n) is 9.56. The van der Waals surface area contributed by atoms with Crippen molar-refractivity contribution in [2.45, 2.75) is 56.5 Å². The number of fused-ring (bicyclic) bond motifs is 2. The average Bonchev–Trinajstić information content (AvgIpc) is 3.69. The Morgan fingerprint density at radius 2 is 1.13 bits per heavy atom. The first-order chi connectivity index (χ1) is 26.2. The van der Waals surface area contributed by atoms with Crippen LogP contribution in [0.25, 0.3) is 0 Å². The lowest BCUT2D eigenvalue weighted by Crippen LogP contribution is -2.43. The molecule has 288 valence electrons. The molecule has 55 heavy (non-hydrogen) atoms. The van der Waals surface area contributed by atoms with Gasteiger partial charge in [-0.15, -0.1) is 0 Å². The van der Waals surface area contributed by atoms with Crippen LogP contribution in [-0.2, 0) is 44.9 Å². The number of rotatable bonds is 11. The molecular formula is C40H37Cl4F2N5O4. The highest BCUT2D eigenvalue weighted by molar-refractivity contribution is 6.37. The van der Waals surface area contributed by atoms with E-state index in [0.29, 0.717) is 52.9 Å². The second kappa shape index (κ2) is 18.5. The van der Waals surface area contributed by atoms with E-state index in [1.807, 2.05) is 24.3 Å². The molecule has 9 nitrogen and oxygen atoms in total. The minimum atomic E-state index is -0.729. The minimum Gasteiger partial charge on any atom is -0.388 e. The maximum absolute atomic E-state index is 13.6. The van der Waals surface area contributed by atoms with Gasteiger partial charge in [0.05, 0.1) is 15.9 Å². The van der Waals surface area contributed by atoms with Crippen molar-refractivity contribution in [1.29, 1.82) is 0 Å². The van der Waals surface area contributed by atoms with Crippen LogP contribution in [-0.4, -0.2) is 54.4 Å². The Hall–Kier alpha value is -4.39. The summed E-state index contributed by atoms with van der Waals surface area (Å²) < 4.78 is 27.0. The molecule has 2 aliphatic rings. The van der Waals surface area contributed by atoms with Gasteiger partial charge in [-0.1, -0.05) is 82.8 Å². The van der Waals surface area contributed by atoms with Gasteiger partial charge >= 0.3 is 0 Å². The first kappa shape index (κ1) is 41.8. The van der Waals surface area contributed by atoms with Crippen molar-refractivity contribution >= 4 is 75.6 Å². The molecule has 4 unspecified atom stereocenters. The minimum absolute atomic E-state index is 0.0305. The zero-order valence-electron chi connectivity index (χ0n) is 29.5. The highest BCUT2D eigenvalue weighted by Crippen LogP contribution is 2.38. The molecule has 4 atom stereocenters. The first-order valence-corrected chi connectivity index (χ1v) is 18.7. The molecule has 15 heteroatoms. The zero-order chi connectivity index (χ0) is 40.0. The van der Waals surface area contributed by atoms with Crippen LogP contribution in [0.3, 0.4) is 0 Å². The maximum Gasteiger partial charge on any atom is 0.287 e. The number of halogens is 6. The summed E-state index contributed by atoms with van der Waals surface area (Å²) in [5, 5.41) is 6.72. The van der Waals surface area contributed by atoms with Crippen LogP contribution in [0.5, 0.6) is 0 Å². The first-order valence-electron chi connectivity index (χ1n) is 17.2. The van der Waals surface area contributed by atoms with Crippen molar-refractivity contribution in [3.63, 3.8) is 0 Å². The monoisotopic (exact) mass is 829 g/mol. The van der Waals surface area contributed by atoms with E-state index >= 15 is 0 Å². The number of hydrogen-bond acceptors (Lipinski definition) is 6. The molecule has 0 aromatic heterocycles. The molecule has 0 aliphatic heterocycles. The largest absolute Gasteiger partial charge is 0.388 e. The van der Waals surface area contributed by atoms with Gasteiger partial charge in [-0.2, -0.15) is 0 Å². The van der Waals surface area contributed by atoms with Gasteiger partial charge in [0.1, 0.15) is 11.6 Å². The lowest BCUT2D eigenvalue weighted by Gasteiger charge is -2.20. The van der Waals surface area contributed by atoms with Crippen LogP contribution in [0, 0.1) is 11.6 Å². The summed E-state index contributed by atoms with van der Waals surface area (Å²) >= 11 is 23.8. The summed E-state index contributed by atoms with van der Waals surface area (Å²) in [6.07, 6.45) is 0.595. The molecule has 6 N–H and O–H groups in total. The molecule has 0 spiro atoms. The van der Waals surface area contributed by atoms with Crippen molar-refractivity contribution in [2.24, 2.45) is 16.5 Å². The van der Waals surface area contributed by atoms with E-state index in [0.717, 1.165) is 34.4 Å². The molecule has 0 saturated carbocycles. The lowest BCUT2D eigenvalue weighted by atomic mass is 9.98. The van der Waals surface area contributed by atoms with E-state index in [1.165, 1.54) is 24.3 Å². The van der Waals surface area contributed by atoms with Crippen molar-refractivity contribution in [3.8, 4) is 0 Å². The fourth-order valence-electron chi connectivity index (χ4n) is 6.82. The number of ketones is 2. The number of nitrogens with one attached hydrogen (secondary N) is 2. The van der Waals surface area contributed by atoms with Crippen molar-refractivity contribution < 1.29 is 28.0 Å². The predicted molar refractivity (Wildman–Crippen MR) is 211 cm³/mol. The summed E-state index contributed by atoms with van der Waals surface area (Å²) in [4.78, 5) is 53.7. The summed E-state index contributed by atoms with van der Waals surface area (Å²) in [6.45, 7) is 2.39. The van der Waals surface area contributed by atoms with Gasteiger partial charge in [0.2, 0.25) is 11.6 Å². The van der Waals surface area contributed by atoms with Gasteiger partial charge in [0.25, 0.3) is 11.8 Å². The fourth-order valence-corrected chi connectivity index (χ4v) is 7.58. The zero-order valence-corrected chi connectivity index (χ0v) is 32.5. The second-order valence-electron chi connectivity index (χ2n) is 13.3. The SMILES string of the molecule is CC(N)=NCC1c2cccc(Cl)c2CC1NC(=O)C(=O)Cc1ccc(Cl)c(F)c1.NCC1c2cccc(Cl)c2CC1NC(=O)C(=O)Cc1ccc(Cl)c(F)c1.